The summed E-state index contributed by atoms with van der Waals surface area (Å²) in [4.78, 5) is 55.0. The minimum atomic E-state index is -0.645. The Morgan fingerprint density at radius 1 is 0.949 bits per heavy atom. The fourth-order valence-electron chi connectivity index (χ4n) is 5.12. The lowest BCUT2D eigenvalue weighted by Crippen LogP contribution is -2.60. The molecule has 12 nitrogen and oxygen atoms in total. The van der Waals surface area contributed by atoms with Crippen LogP contribution < -0.4 is 16.0 Å². The second kappa shape index (κ2) is 15.5. The predicted octanol–water partition coefficient (Wildman–Crippen LogP) is -0.341. The van der Waals surface area contributed by atoms with E-state index in [0.717, 1.165) is 32.5 Å². The quantitative estimate of drug-likeness (QED) is 0.406. The lowest BCUT2D eigenvalue weighted by Gasteiger charge is -2.41. The molecule has 4 amide bonds. The van der Waals surface area contributed by atoms with E-state index in [1.165, 1.54) is 4.90 Å². The zero-order chi connectivity index (χ0) is 28.3. The molecule has 3 saturated heterocycles. The maximum Gasteiger partial charge on any atom is 0.249 e. The molecule has 0 aromatic heterocycles. The highest BCUT2D eigenvalue weighted by Crippen LogP contribution is 2.21. The number of amides is 4. The minimum Gasteiger partial charge on any atom is -0.381 e. The van der Waals surface area contributed by atoms with Gasteiger partial charge in [-0.05, 0) is 31.1 Å². The largest absolute Gasteiger partial charge is 0.381 e. The van der Waals surface area contributed by atoms with E-state index < -0.39 is 6.04 Å². The smallest absolute Gasteiger partial charge is 0.249 e. The lowest BCUT2D eigenvalue weighted by atomic mass is 9.92. The first kappa shape index (κ1) is 31.3. The van der Waals surface area contributed by atoms with Crippen LogP contribution in [0.4, 0.5) is 0 Å². The van der Waals surface area contributed by atoms with Crippen molar-refractivity contribution in [3.8, 4) is 0 Å². The molecule has 0 unspecified atom stereocenters. The van der Waals surface area contributed by atoms with E-state index in [1.807, 2.05) is 20.8 Å². The van der Waals surface area contributed by atoms with Crippen LogP contribution in [0, 0.1) is 5.41 Å². The normalized spacial score (nSPS) is 25.4. The van der Waals surface area contributed by atoms with Crippen molar-refractivity contribution < 1.29 is 33.4 Å². The number of ether oxygens (including phenoxy) is 3. The summed E-state index contributed by atoms with van der Waals surface area (Å²) in [7, 11) is 0. The molecule has 0 spiro atoms. The first-order chi connectivity index (χ1) is 18.6. The molecule has 0 bridgehead atoms. The molecular weight excluding hydrogens is 506 g/mol. The van der Waals surface area contributed by atoms with Gasteiger partial charge < -0.3 is 40.0 Å². The van der Waals surface area contributed by atoms with Crippen molar-refractivity contribution in [1.82, 2.24) is 25.8 Å². The number of nitrogens with one attached hydrogen (secondary N) is 3. The topological polar surface area (TPSA) is 139 Å². The van der Waals surface area contributed by atoms with Gasteiger partial charge in [0, 0.05) is 57.9 Å². The number of piperidine rings is 1. The number of carbonyl (C=O) groups excluding carboxylic acids is 4. The Morgan fingerprint density at radius 2 is 1.67 bits per heavy atom. The molecule has 0 aromatic rings. The van der Waals surface area contributed by atoms with Crippen LogP contribution >= 0.6 is 0 Å². The maximum absolute atomic E-state index is 13.5. The predicted molar refractivity (Wildman–Crippen MR) is 144 cm³/mol. The van der Waals surface area contributed by atoms with Gasteiger partial charge in [0.25, 0.3) is 0 Å². The number of hydrogen-bond donors (Lipinski definition) is 3. The molecule has 3 heterocycles. The summed E-state index contributed by atoms with van der Waals surface area (Å²) in [5.41, 5.74) is -0.156. The van der Waals surface area contributed by atoms with Crippen LogP contribution in [0.3, 0.4) is 0 Å². The van der Waals surface area contributed by atoms with E-state index >= 15 is 0 Å². The molecule has 0 aromatic carbocycles. The zero-order valence-corrected chi connectivity index (χ0v) is 23.8. The SMILES string of the molecule is CC(C)(C)CC(=O)NCCN1CC(=O)N2CC[C@@H](NC3CCOCC3)C[C@@H]2C(=O)NCCOCCOCC1=O. The Morgan fingerprint density at radius 3 is 2.41 bits per heavy atom. The highest BCUT2D eigenvalue weighted by Gasteiger charge is 2.37. The van der Waals surface area contributed by atoms with E-state index in [2.05, 4.69) is 16.0 Å². The fourth-order valence-corrected chi connectivity index (χ4v) is 5.12. The average molecular weight is 554 g/mol. The summed E-state index contributed by atoms with van der Waals surface area (Å²) in [6, 6.07) is -0.199. The molecule has 222 valence electrons. The van der Waals surface area contributed by atoms with Gasteiger partial charge in [-0.3, -0.25) is 19.2 Å². The molecular formula is C27H47N5O7. The summed E-state index contributed by atoms with van der Waals surface area (Å²) in [6.45, 7) is 8.97. The first-order valence-corrected chi connectivity index (χ1v) is 14.2. The van der Waals surface area contributed by atoms with Crippen molar-refractivity contribution in [2.24, 2.45) is 5.41 Å². The second-order valence-corrected chi connectivity index (χ2v) is 11.7. The molecule has 3 aliphatic heterocycles. The molecule has 12 heteroatoms. The van der Waals surface area contributed by atoms with Gasteiger partial charge in [-0.15, -0.1) is 0 Å². The fraction of sp³-hybridized carbons (Fsp3) is 0.852. The van der Waals surface area contributed by atoms with E-state index in [-0.39, 0.29) is 74.5 Å². The van der Waals surface area contributed by atoms with E-state index in [9.17, 15) is 19.2 Å². The lowest BCUT2D eigenvalue weighted by molar-refractivity contribution is -0.148. The van der Waals surface area contributed by atoms with Crippen molar-refractivity contribution in [2.45, 2.75) is 71.0 Å². The van der Waals surface area contributed by atoms with Crippen LogP contribution in [0.1, 0.15) is 52.9 Å². The summed E-state index contributed by atoms with van der Waals surface area (Å²) >= 11 is 0. The van der Waals surface area contributed by atoms with Gasteiger partial charge in [-0.1, -0.05) is 20.8 Å². The third kappa shape index (κ3) is 11.0. The summed E-state index contributed by atoms with van der Waals surface area (Å²) < 4.78 is 16.4. The Kier molecular flexibility index (Phi) is 12.4. The third-order valence-corrected chi connectivity index (χ3v) is 7.13. The van der Waals surface area contributed by atoms with Gasteiger partial charge in [-0.2, -0.15) is 0 Å². The van der Waals surface area contributed by atoms with Gasteiger partial charge in [0.2, 0.25) is 23.6 Å². The monoisotopic (exact) mass is 553 g/mol. The second-order valence-electron chi connectivity index (χ2n) is 11.7. The highest BCUT2D eigenvalue weighted by molar-refractivity contribution is 5.90. The number of nitrogens with zero attached hydrogens (tertiary/aromatic N) is 2. The van der Waals surface area contributed by atoms with E-state index in [0.29, 0.717) is 38.6 Å². The number of fused-ring (bicyclic) bond motifs is 1. The van der Waals surface area contributed by atoms with Gasteiger partial charge in [0.15, 0.2) is 0 Å². The molecule has 3 N–H and O–H groups in total. The third-order valence-electron chi connectivity index (χ3n) is 7.13. The van der Waals surface area contributed by atoms with Gasteiger partial charge in [0.1, 0.15) is 12.6 Å². The van der Waals surface area contributed by atoms with Crippen molar-refractivity contribution in [3.05, 3.63) is 0 Å². The molecule has 3 aliphatic rings. The minimum absolute atomic E-state index is 0.107. The van der Waals surface area contributed by atoms with Crippen LogP contribution in [0.15, 0.2) is 0 Å². The Labute approximate surface area is 231 Å². The summed E-state index contributed by atoms with van der Waals surface area (Å²) in [6.07, 6.45) is 3.43. The Hall–Kier alpha value is -2.28. The zero-order valence-electron chi connectivity index (χ0n) is 23.8. The van der Waals surface area contributed by atoms with Gasteiger partial charge in [0.05, 0.1) is 26.4 Å². The van der Waals surface area contributed by atoms with Crippen LogP contribution in [-0.4, -0.2) is 124 Å². The standard InChI is InChI=1S/C27H47N5O7/c1-27(2,3)17-23(33)28-7-10-31-18-24(34)32-9-4-21(30-20-5-11-37-12-6-20)16-22(32)26(36)29-8-13-38-14-15-39-19-25(31)35/h20-22,30H,4-19H2,1-3H3,(H,28,33)(H,29,36)/t21-,22-/m1/s1. The van der Waals surface area contributed by atoms with Crippen molar-refractivity contribution in [1.29, 1.82) is 0 Å². The van der Waals surface area contributed by atoms with Crippen LogP contribution in [0.25, 0.3) is 0 Å². The van der Waals surface area contributed by atoms with Crippen molar-refractivity contribution in [3.63, 3.8) is 0 Å². The molecule has 39 heavy (non-hydrogen) atoms. The van der Waals surface area contributed by atoms with Crippen LogP contribution in [0.2, 0.25) is 0 Å². The number of rotatable bonds is 6. The van der Waals surface area contributed by atoms with E-state index in [4.69, 9.17) is 14.2 Å². The maximum atomic E-state index is 13.5. The average Bonchev–Trinajstić information content (AvgIpc) is 2.88. The molecule has 2 atom stereocenters. The first-order valence-electron chi connectivity index (χ1n) is 14.2. The molecule has 3 rings (SSSR count). The molecule has 0 radical (unpaired) electrons. The number of carbonyl (C=O) groups is 4. The van der Waals surface area contributed by atoms with Gasteiger partial charge >= 0.3 is 0 Å². The van der Waals surface area contributed by atoms with Crippen molar-refractivity contribution in [2.75, 3.05) is 72.4 Å². The summed E-state index contributed by atoms with van der Waals surface area (Å²) in [5, 5.41) is 9.42. The molecule has 0 saturated carbocycles. The number of hydrogen-bond acceptors (Lipinski definition) is 8. The Balaban J connectivity index is 1.67. The van der Waals surface area contributed by atoms with Crippen LogP contribution in [0.5, 0.6) is 0 Å². The van der Waals surface area contributed by atoms with Crippen LogP contribution in [-0.2, 0) is 33.4 Å². The van der Waals surface area contributed by atoms with Crippen molar-refractivity contribution >= 4 is 23.6 Å². The molecule has 3 fully saturated rings. The van der Waals surface area contributed by atoms with E-state index in [1.54, 1.807) is 4.90 Å². The van der Waals surface area contributed by atoms with Gasteiger partial charge in [-0.25, -0.2) is 0 Å². The highest BCUT2D eigenvalue weighted by atomic mass is 16.5. The summed E-state index contributed by atoms with van der Waals surface area (Å²) in [5.74, 6) is -0.965. The molecule has 0 aliphatic carbocycles. The Bertz CT molecular complexity index is 828.